The van der Waals surface area contributed by atoms with E-state index in [1.54, 1.807) is 28.4 Å². The summed E-state index contributed by atoms with van der Waals surface area (Å²) in [4.78, 5) is 0. The van der Waals surface area contributed by atoms with E-state index in [9.17, 15) is 0 Å². The van der Waals surface area contributed by atoms with Gasteiger partial charge in [-0.05, 0) is 93.7 Å². The first-order valence-corrected chi connectivity index (χ1v) is 18.8. The Balaban J connectivity index is 1.63. The van der Waals surface area contributed by atoms with Gasteiger partial charge in [0, 0.05) is 17.5 Å². The topological polar surface area (TPSA) is 36.9 Å². The zero-order chi connectivity index (χ0) is 34.6. The smallest absolute Gasteiger partial charge is 0.123 e. The highest BCUT2D eigenvalue weighted by atomic mass is 16.5. The lowest BCUT2D eigenvalue weighted by molar-refractivity contribution is 0.394. The van der Waals surface area contributed by atoms with Crippen molar-refractivity contribution in [2.75, 3.05) is 28.4 Å². The van der Waals surface area contributed by atoms with E-state index in [-0.39, 0.29) is 5.41 Å². The van der Waals surface area contributed by atoms with Gasteiger partial charge in [0.05, 0.1) is 28.4 Å². The van der Waals surface area contributed by atoms with E-state index >= 15 is 0 Å². The summed E-state index contributed by atoms with van der Waals surface area (Å²) in [5.41, 5.74) is 10.3. The minimum atomic E-state index is -0.0574. The van der Waals surface area contributed by atoms with E-state index in [1.165, 1.54) is 110 Å². The van der Waals surface area contributed by atoms with Crippen LogP contribution in [0.15, 0.2) is 72.8 Å². The van der Waals surface area contributed by atoms with E-state index in [2.05, 4.69) is 74.5 Å². The number of hydrogen-bond acceptors (Lipinski definition) is 4. The number of unbranched alkanes of at least 4 members (excludes halogenated alkanes) is 10. The average molecular weight is 663 g/mol. The van der Waals surface area contributed by atoms with Crippen LogP contribution in [0.5, 0.6) is 23.0 Å². The molecular formula is C45H58O4. The van der Waals surface area contributed by atoms with Gasteiger partial charge in [-0.3, -0.25) is 0 Å². The van der Waals surface area contributed by atoms with Gasteiger partial charge >= 0.3 is 0 Å². The van der Waals surface area contributed by atoms with Gasteiger partial charge in [-0.15, -0.1) is 0 Å². The largest absolute Gasteiger partial charge is 0.497 e. The van der Waals surface area contributed by atoms with Crippen LogP contribution in [0, 0.1) is 0 Å². The summed E-state index contributed by atoms with van der Waals surface area (Å²) in [6.07, 6.45) is 17.8. The molecule has 1 aliphatic carbocycles. The molecule has 0 N–H and O–H groups in total. The highest BCUT2D eigenvalue weighted by molar-refractivity contribution is 5.86. The van der Waals surface area contributed by atoms with Gasteiger partial charge in [0.2, 0.25) is 0 Å². The molecule has 4 heteroatoms. The van der Waals surface area contributed by atoms with Gasteiger partial charge in [0.25, 0.3) is 0 Å². The van der Waals surface area contributed by atoms with E-state index in [1.807, 2.05) is 12.1 Å². The van der Waals surface area contributed by atoms with E-state index in [4.69, 9.17) is 18.9 Å². The Hall–Kier alpha value is -3.92. The lowest BCUT2D eigenvalue weighted by Gasteiger charge is -2.33. The van der Waals surface area contributed by atoms with Crippen molar-refractivity contribution >= 4 is 0 Å². The maximum atomic E-state index is 5.68. The second-order valence-corrected chi connectivity index (χ2v) is 13.8. The number of rotatable bonds is 20. The van der Waals surface area contributed by atoms with Gasteiger partial charge in [0.15, 0.2) is 0 Å². The Morgan fingerprint density at radius 2 is 0.735 bits per heavy atom. The van der Waals surface area contributed by atoms with Crippen LogP contribution < -0.4 is 18.9 Å². The Bertz CT molecular complexity index is 1490. The van der Waals surface area contributed by atoms with Crippen molar-refractivity contribution in [3.63, 3.8) is 0 Å². The minimum Gasteiger partial charge on any atom is -0.497 e. The fourth-order valence-corrected chi connectivity index (χ4v) is 7.88. The van der Waals surface area contributed by atoms with Crippen LogP contribution in [0.3, 0.4) is 0 Å². The van der Waals surface area contributed by atoms with Crippen molar-refractivity contribution in [3.8, 4) is 56.4 Å². The molecule has 0 spiro atoms. The lowest BCUT2D eigenvalue weighted by Crippen LogP contribution is -2.25. The van der Waals surface area contributed by atoms with Gasteiger partial charge < -0.3 is 18.9 Å². The second-order valence-electron chi connectivity index (χ2n) is 13.8. The summed E-state index contributed by atoms with van der Waals surface area (Å²) in [5.74, 6) is 3.23. The fourth-order valence-electron chi connectivity index (χ4n) is 7.88. The third kappa shape index (κ3) is 8.46. The second kappa shape index (κ2) is 17.7. The summed E-state index contributed by atoms with van der Waals surface area (Å²) in [5, 5.41) is 0. The summed E-state index contributed by atoms with van der Waals surface area (Å²) >= 11 is 0. The number of fused-ring (bicyclic) bond motifs is 3. The maximum Gasteiger partial charge on any atom is 0.123 e. The predicted octanol–water partition coefficient (Wildman–Crippen LogP) is 12.8. The molecular weight excluding hydrogens is 604 g/mol. The molecule has 49 heavy (non-hydrogen) atoms. The van der Waals surface area contributed by atoms with Crippen molar-refractivity contribution in [1.29, 1.82) is 0 Å². The third-order valence-electron chi connectivity index (χ3n) is 10.6. The molecule has 0 bridgehead atoms. The van der Waals surface area contributed by atoms with Crippen LogP contribution >= 0.6 is 0 Å². The molecule has 0 fully saturated rings. The molecule has 0 saturated heterocycles. The Morgan fingerprint density at radius 3 is 1.08 bits per heavy atom. The van der Waals surface area contributed by atoms with Crippen molar-refractivity contribution in [3.05, 3.63) is 83.9 Å². The Kier molecular flexibility index (Phi) is 13.1. The van der Waals surface area contributed by atoms with E-state index < -0.39 is 0 Å². The van der Waals surface area contributed by atoms with Gasteiger partial charge in [-0.2, -0.15) is 0 Å². The van der Waals surface area contributed by atoms with Crippen LogP contribution in [-0.2, 0) is 5.41 Å². The highest BCUT2D eigenvalue weighted by Crippen LogP contribution is 2.56. The quantitative estimate of drug-likeness (QED) is 0.0883. The monoisotopic (exact) mass is 662 g/mol. The summed E-state index contributed by atoms with van der Waals surface area (Å²) < 4.78 is 22.7. The molecule has 0 atom stereocenters. The van der Waals surface area contributed by atoms with E-state index in [0.29, 0.717) is 0 Å². The van der Waals surface area contributed by atoms with Crippen LogP contribution in [0.2, 0.25) is 0 Å². The van der Waals surface area contributed by atoms with Gasteiger partial charge in [0.1, 0.15) is 23.0 Å². The molecule has 0 amide bonds. The summed E-state index contributed by atoms with van der Waals surface area (Å²) in [6.45, 7) is 4.60. The molecule has 5 rings (SSSR count). The van der Waals surface area contributed by atoms with Crippen LogP contribution in [0.1, 0.15) is 115 Å². The zero-order valence-corrected chi connectivity index (χ0v) is 31.0. The Morgan fingerprint density at radius 1 is 0.388 bits per heavy atom. The number of ether oxygens (including phenoxy) is 4. The third-order valence-corrected chi connectivity index (χ3v) is 10.6. The van der Waals surface area contributed by atoms with Crippen molar-refractivity contribution in [2.24, 2.45) is 0 Å². The van der Waals surface area contributed by atoms with Crippen molar-refractivity contribution < 1.29 is 18.9 Å². The molecule has 4 nitrogen and oxygen atoms in total. The fraction of sp³-hybridized carbons (Fsp3) is 0.467. The molecule has 0 heterocycles. The first kappa shape index (κ1) is 36.4. The molecule has 0 aromatic heterocycles. The molecule has 0 aliphatic heterocycles. The Labute approximate surface area is 296 Å². The molecule has 0 unspecified atom stereocenters. The molecule has 0 radical (unpaired) electrons. The first-order chi connectivity index (χ1) is 24.0. The van der Waals surface area contributed by atoms with Crippen molar-refractivity contribution in [2.45, 2.75) is 109 Å². The molecule has 1 aliphatic rings. The molecule has 0 saturated carbocycles. The average Bonchev–Trinajstić information content (AvgIpc) is 3.41. The van der Waals surface area contributed by atoms with Gasteiger partial charge in [-0.25, -0.2) is 0 Å². The van der Waals surface area contributed by atoms with Crippen LogP contribution in [0.4, 0.5) is 0 Å². The highest BCUT2D eigenvalue weighted by Gasteiger charge is 2.42. The normalized spacial score (nSPS) is 12.8. The number of benzene rings is 4. The number of hydrogen-bond donors (Lipinski definition) is 0. The summed E-state index contributed by atoms with van der Waals surface area (Å²) in [6, 6.07) is 26.7. The maximum absolute atomic E-state index is 5.68. The standard InChI is InChI=1S/C45H58O4/c1-7-9-11-13-15-17-23-45(24-18-16-14-12-10-8-2)43-29-33(35-25-37(46-3)31-38(26-35)47-4)19-21-41(43)42-22-20-34(30-44(42)45)36-27-39(48-5)32-40(28-36)49-6/h19-22,25-32H,7-18,23-24H2,1-6H3. The van der Waals surface area contributed by atoms with Gasteiger partial charge in [-0.1, -0.05) is 115 Å². The van der Waals surface area contributed by atoms with E-state index in [0.717, 1.165) is 47.0 Å². The minimum absolute atomic E-state index is 0.0574. The van der Waals surface area contributed by atoms with Crippen LogP contribution in [0.25, 0.3) is 33.4 Å². The lowest BCUT2D eigenvalue weighted by atomic mass is 9.70. The zero-order valence-electron chi connectivity index (χ0n) is 31.0. The SMILES string of the molecule is CCCCCCCCC1(CCCCCCCC)c2cc(-c3cc(OC)cc(OC)c3)ccc2-c2ccc(-c3cc(OC)cc(OC)c3)cc21. The molecule has 4 aromatic carbocycles. The molecule has 262 valence electrons. The summed E-state index contributed by atoms with van der Waals surface area (Å²) in [7, 11) is 6.89. The first-order valence-electron chi connectivity index (χ1n) is 18.8. The van der Waals surface area contributed by atoms with Crippen LogP contribution in [-0.4, -0.2) is 28.4 Å². The van der Waals surface area contributed by atoms with Crippen molar-refractivity contribution in [1.82, 2.24) is 0 Å². The predicted molar refractivity (Wildman–Crippen MR) is 206 cm³/mol. The number of methoxy groups -OCH3 is 4. The molecule has 4 aromatic rings.